The fourth-order valence-electron chi connectivity index (χ4n) is 5.06. The van der Waals surface area contributed by atoms with E-state index >= 15 is 0 Å². The van der Waals surface area contributed by atoms with Crippen LogP contribution in [0.5, 0.6) is 0 Å². The zero-order chi connectivity index (χ0) is 12.8. The van der Waals surface area contributed by atoms with Gasteiger partial charge in [0.25, 0.3) is 0 Å². The van der Waals surface area contributed by atoms with Crippen LogP contribution < -0.4 is 11.1 Å². The first-order chi connectivity index (χ1) is 8.60. The molecule has 18 heavy (non-hydrogen) atoms. The summed E-state index contributed by atoms with van der Waals surface area (Å²) in [5.74, 6) is 2.72. The van der Waals surface area contributed by atoms with Gasteiger partial charge in [0.15, 0.2) is 0 Å². The highest BCUT2D eigenvalue weighted by molar-refractivity contribution is 5.82. The predicted molar refractivity (Wildman–Crippen MR) is 71.9 cm³/mol. The Kier molecular flexibility index (Phi) is 3.13. The molecular weight excluding hydrogens is 224 g/mol. The zero-order valence-electron chi connectivity index (χ0n) is 11.5. The standard InChI is InChI=1S/C15H26N2O/c1-2-3-13(16)14(18)17-15-7-10-4-11(8-15)6-12(5-10)9-15/h10-13H,2-9,16H2,1H3,(H,17,18). The summed E-state index contributed by atoms with van der Waals surface area (Å²) in [6.07, 6.45) is 9.66. The van der Waals surface area contributed by atoms with Gasteiger partial charge in [0.1, 0.15) is 0 Å². The van der Waals surface area contributed by atoms with E-state index in [2.05, 4.69) is 12.2 Å². The maximum absolute atomic E-state index is 12.2. The summed E-state index contributed by atoms with van der Waals surface area (Å²) in [6, 6.07) is -0.303. The van der Waals surface area contributed by atoms with Crippen molar-refractivity contribution in [3.8, 4) is 0 Å². The predicted octanol–water partition coefficient (Wildman–Crippen LogP) is 2.20. The molecule has 1 unspecified atom stereocenters. The maximum Gasteiger partial charge on any atom is 0.237 e. The Labute approximate surface area is 110 Å². The van der Waals surface area contributed by atoms with Crippen molar-refractivity contribution >= 4 is 5.91 Å². The van der Waals surface area contributed by atoms with Gasteiger partial charge in [0, 0.05) is 5.54 Å². The lowest BCUT2D eigenvalue weighted by atomic mass is 9.53. The van der Waals surface area contributed by atoms with Crippen LogP contribution in [-0.4, -0.2) is 17.5 Å². The average molecular weight is 250 g/mol. The molecule has 0 spiro atoms. The largest absolute Gasteiger partial charge is 0.349 e. The molecule has 3 nitrogen and oxygen atoms in total. The van der Waals surface area contributed by atoms with Crippen LogP contribution in [0.3, 0.4) is 0 Å². The number of amides is 1. The van der Waals surface area contributed by atoms with Crippen LogP contribution in [0.2, 0.25) is 0 Å². The average Bonchev–Trinajstić information content (AvgIpc) is 2.26. The zero-order valence-corrected chi connectivity index (χ0v) is 11.5. The molecule has 1 amide bonds. The number of hydrogen-bond acceptors (Lipinski definition) is 2. The molecule has 0 aromatic heterocycles. The van der Waals surface area contributed by atoms with E-state index in [1.165, 1.54) is 38.5 Å². The van der Waals surface area contributed by atoms with Crippen LogP contribution in [0.4, 0.5) is 0 Å². The summed E-state index contributed by atoms with van der Waals surface area (Å²) >= 11 is 0. The van der Waals surface area contributed by atoms with Gasteiger partial charge in [-0.1, -0.05) is 13.3 Å². The molecule has 0 aromatic carbocycles. The number of nitrogens with one attached hydrogen (secondary N) is 1. The van der Waals surface area contributed by atoms with Gasteiger partial charge in [-0.15, -0.1) is 0 Å². The normalized spacial score (nSPS) is 42.9. The van der Waals surface area contributed by atoms with Crippen molar-refractivity contribution in [1.82, 2.24) is 5.32 Å². The second kappa shape index (κ2) is 4.52. The lowest BCUT2D eigenvalue weighted by Gasteiger charge is -2.57. The van der Waals surface area contributed by atoms with Crippen molar-refractivity contribution in [3.63, 3.8) is 0 Å². The molecule has 3 heteroatoms. The monoisotopic (exact) mass is 250 g/mol. The summed E-state index contributed by atoms with van der Waals surface area (Å²) in [4.78, 5) is 12.2. The molecule has 4 aliphatic carbocycles. The van der Waals surface area contributed by atoms with Gasteiger partial charge in [-0.3, -0.25) is 4.79 Å². The fraction of sp³-hybridized carbons (Fsp3) is 0.933. The molecule has 0 aromatic rings. The second-order valence-electron chi connectivity index (χ2n) is 7.08. The van der Waals surface area contributed by atoms with Crippen LogP contribution in [0.25, 0.3) is 0 Å². The van der Waals surface area contributed by atoms with Crippen molar-refractivity contribution < 1.29 is 4.79 Å². The number of rotatable bonds is 4. The molecule has 4 aliphatic rings. The molecule has 1 atom stereocenters. The van der Waals surface area contributed by atoms with Crippen LogP contribution >= 0.6 is 0 Å². The molecule has 102 valence electrons. The van der Waals surface area contributed by atoms with Crippen molar-refractivity contribution in [2.75, 3.05) is 0 Å². The van der Waals surface area contributed by atoms with Gasteiger partial charge in [-0.2, -0.15) is 0 Å². The first-order valence-electron chi connectivity index (χ1n) is 7.68. The van der Waals surface area contributed by atoms with Gasteiger partial charge < -0.3 is 11.1 Å². The highest BCUT2D eigenvalue weighted by Gasteiger charge is 2.51. The van der Waals surface area contributed by atoms with Crippen molar-refractivity contribution in [2.45, 2.75) is 69.9 Å². The summed E-state index contributed by atoms with van der Waals surface area (Å²) < 4.78 is 0. The highest BCUT2D eigenvalue weighted by Crippen LogP contribution is 2.55. The minimum atomic E-state index is -0.303. The number of nitrogens with two attached hydrogens (primary N) is 1. The Morgan fingerprint density at radius 1 is 1.22 bits per heavy atom. The topological polar surface area (TPSA) is 55.1 Å². The van der Waals surface area contributed by atoms with E-state index in [-0.39, 0.29) is 17.5 Å². The molecule has 0 aliphatic heterocycles. The fourth-order valence-corrected chi connectivity index (χ4v) is 5.06. The molecule has 4 rings (SSSR count). The van der Waals surface area contributed by atoms with Crippen LogP contribution in [-0.2, 0) is 4.79 Å². The van der Waals surface area contributed by atoms with Crippen molar-refractivity contribution in [1.29, 1.82) is 0 Å². The minimum absolute atomic E-state index is 0.0961. The number of carbonyl (C=O) groups excluding carboxylic acids is 1. The van der Waals surface area contributed by atoms with E-state index in [0.29, 0.717) is 0 Å². The van der Waals surface area contributed by atoms with E-state index in [4.69, 9.17) is 5.73 Å². The third-order valence-electron chi connectivity index (χ3n) is 5.36. The molecule has 4 bridgehead atoms. The van der Waals surface area contributed by atoms with Crippen molar-refractivity contribution in [3.05, 3.63) is 0 Å². The highest BCUT2D eigenvalue weighted by atomic mass is 16.2. The Balaban J connectivity index is 1.67. The number of hydrogen-bond donors (Lipinski definition) is 2. The van der Waals surface area contributed by atoms with E-state index in [1.807, 2.05) is 0 Å². The first-order valence-corrected chi connectivity index (χ1v) is 7.68. The summed E-state index contributed by atoms with van der Waals surface area (Å²) in [5.41, 5.74) is 6.07. The summed E-state index contributed by atoms with van der Waals surface area (Å²) in [6.45, 7) is 2.08. The van der Waals surface area contributed by atoms with Gasteiger partial charge in [0.2, 0.25) is 5.91 Å². The van der Waals surface area contributed by atoms with E-state index in [0.717, 1.165) is 30.6 Å². The van der Waals surface area contributed by atoms with Crippen molar-refractivity contribution in [2.24, 2.45) is 23.5 Å². The SMILES string of the molecule is CCCC(N)C(=O)NC12CC3CC(CC(C3)C1)C2. The van der Waals surface area contributed by atoms with Crippen LogP contribution in [0.15, 0.2) is 0 Å². The van der Waals surface area contributed by atoms with E-state index in [9.17, 15) is 4.79 Å². The minimum Gasteiger partial charge on any atom is -0.349 e. The Hall–Kier alpha value is -0.570. The van der Waals surface area contributed by atoms with Crippen LogP contribution in [0, 0.1) is 17.8 Å². The lowest BCUT2D eigenvalue weighted by Crippen LogP contribution is -2.62. The Bertz CT molecular complexity index is 304. The van der Waals surface area contributed by atoms with Crippen LogP contribution in [0.1, 0.15) is 58.3 Å². The third kappa shape index (κ3) is 2.18. The molecule has 4 fully saturated rings. The molecule has 4 saturated carbocycles. The van der Waals surface area contributed by atoms with E-state index < -0.39 is 0 Å². The Morgan fingerprint density at radius 2 is 1.72 bits per heavy atom. The van der Waals surface area contributed by atoms with Gasteiger partial charge in [-0.05, 0) is 62.7 Å². The summed E-state index contributed by atoms with van der Waals surface area (Å²) in [5, 5.41) is 3.35. The second-order valence-corrected chi connectivity index (χ2v) is 7.08. The van der Waals surface area contributed by atoms with Gasteiger partial charge in [0.05, 0.1) is 6.04 Å². The Morgan fingerprint density at radius 3 is 2.17 bits per heavy atom. The van der Waals surface area contributed by atoms with Gasteiger partial charge in [-0.25, -0.2) is 0 Å². The summed E-state index contributed by atoms with van der Waals surface area (Å²) in [7, 11) is 0. The quantitative estimate of drug-likeness (QED) is 0.803. The maximum atomic E-state index is 12.2. The molecular formula is C15H26N2O. The molecule has 3 N–H and O–H groups in total. The van der Waals surface area contributed by atoms with E-state index in [1.54, 1.807) is 0 Å². The van der Waals surface area contributed by atoms with Gasteiger partial charge >= 0.3 is 0 Å². The number of carbonyl (C=O) groups is 1. The lowest BCUT2D eigenvalue weighted by molar-refractivity contribution is -0.128. The smallest absolute Gasteiger partial charge is 0.237 e. The molecule has 0 saturated heterocycles. The molecule has 0 heterocycles. The third-order valence-corrected chi connectivity index (χ3v) is 5.36. The molecule has 0 radical (unpaired) electrons. The first kappa shape index (κ1) is 12.5.